The Balaban J connectivity index is 2.61. The first kappa shape index (κ1) is 12.5. The molecule has 0 saturated carbocycles. The maximum absolute atomic E-state index is 11.2. The molecule has 1 aromatic carbocycles. The molecule has 0 bridgehead atoms. The summed E-state index contributed by atoms with van der Waals surface area (Å²) in [6.07, 6.45) is 2.30. The minimum atomic E-state index is -0.298. The maximum Gasteiger partial charge on any atom is 0.265 e. The van der Waals surface area contributed by atoms with Crippen molar-refractivity contribution in [2.75, 3.05) is 0 Å². The molecule has 0 heterocycles. The fourth-order valence-electron chi connectivity index (χ4n) is 1.47. The van der Waals surface area contributed by atoms with Gasteiger partial charge in [-0.25, -0.2) is 5.84 Å². The van der Waals surface area contributed by atoms with Gasteiger partial charge in [0, 0.05) is 5.56 Å². The molecular weight excluding hydrogens is 204 g/mol. The molecule has 0 aromatic heterocycles. The lowest BCUT2D eigenvalue weighted by atomic mass is 10.2. The molecule has 1 aromatic rings. The van der Waals surface area contributed by atoms with Gasteiger partial charge in [-0.2, -0.15) is 0 Å². The van der Waals surface area contributed by atoms with Crippen LogP contribution in [0.25, 0.3) is 0 Å². The molecule has 1 unspecified atom stereocenters. The van der Waals surface area contributed by atoms with Gasteiger partial charge in [-0.3, -0.25) is 10.2 Å². The Labute approximate surface area is 95.8 Å². The maximum atomic E-state index is 11.2. The summed E-state index contributed by atoms with van der Waals surface area (Å²) in [6, 6.07) is 6.93. The zero-order chi connectivity index (χ0) is 12.0. The third kappa shape index (κ3) is 3.55. The zero-order valence-corrected chi connectivity index (χ0v) is 9.69. The van der Waals surface area contributed by atoms with Gasteiger partial charge in [-0.15, -0.1) is 0 Å². The van der Waals surface area contributed by atoms with E-state index in [0.29, 0.717) is 5.56 Å². The lowest BCUT2D eigenvalue weighted by Gasteiger charge is -2.13. The Kier molecular flexibility index (Phi) is 4.79. The van der Waals surface area contributed by atoms with E-state index in [0.717, 1.165) is 18.6 Å². The molecule has 4 nitrogen and oxygen atoms in total. The summed E-state index contributed by atoms with van der Waals surface area (Å²) in [5, 5.41) is 0. The van der Waals surface area contributed by atoms with Crippen LogP contribution in [0.1, 0.15) is 37.0 Å². The molecule has 0 aliphatic heterocycles. The van der Waals surface area contributed by atoms with E-state index in [9.17, 15) is 4.79 Å². The lowest BCUT2D eigenvalue weighted by Crippen LogP contribution is -2.29. The number of rotatable bonds is 5. The highest BCUT2D eigenvalue weighted by Gasteiger charge is 2.05. The van der Waals surface area contributed by atoms with Crippen LogP contribution in [0, 0.1) is 0 Å². The Morgan fingerprint density at radius 3 is 2.56 bits per heavy atom. The normalized spacial score (nSPS) is 11.9. The molecule has 0 fully saturated rings. The molecule has 0 spiro atoms. The number of carbonyl (C=O) groups is 1. The minimum Gasteiger partial charge on any atom is -0.491 e. The van der Waals surface area contributed by atoms with Crippen molar-refractivity contribution in [1.29, 1.82) is 0 Å². The van der Waals surface area contributed by atoms with Gasteiger partial charge in [0.25, 0.3) is 5.91 Å². The summed E-state index contributed by atoms with van der Waals surface area (Å²) in [4.78, 5) is 11.2. The zero-order valence-electron chi connectivity index (χ0n) is 9.69. The first-order valence-electron chi connectivity index (χ1n) is 5.45. The quantitative estimate of drug-likeness (QED) is 0.454. The first-order valence-corrected chi connectivity index (χ1v) is 5.45. The van der Waals surface area contributed by atoms with Gasteiger partial charge in [0.1, 0.15) is 5.75 Å². The molecular formula is C12H18N2O2. The second kappa shape index (κ2) is 6.12. The predicted octanol–water partition coefficient (Wildman–Crippen LogP) is 1.86. The SMILES string of the molecule is CCCC(C)Oc1ccc(C(=O)NN)cc1. The molecule has 0 aliphatic carbocycles. The molecule has 1 atom stereocenters. The number of benzene rings is 1. The Hall–Kier alpha value is -1.55. The third-order valence-electron chi connectivity index (χ3n) is 2.28. The van der Waals surface area contributed by atoms with E-state index in [-0.39, 0.29) is 12.0 Å². The van der Waals surface area contributed by atoms with Crippen molar-refractivity contribution < 1.29 is 9.53 Å². The van der Waals surface area contributed by atoms with Gasteiger partial charge in [0.15, 0.2) is 0 Å². The summed E-state index contributed by atoms with van der Waals surface area (Å²) in [7, 11) is 0. The molecule has 0 radical (unpaired) electrons. The molecule has 16 heavy (non-hydrogen) atoms. The van der Waals surface area contributed by atoms with Crippen LogP contribution in [0.15, 0.2) is 24.3 Å². The Morgan fingerprint density at radius 2 is 2.06 bits per heavy atom. The van der Waals surface area contributed by atoms with Crippen LogP contribution in [-0.4, -0.2) is 12.0 Å². The van der Waals surface area contributed by atoms with E-state index in [2.05, 4.69) is 12.3 Å². The summed E-state index contributed by atoms with van der Waals surface area (Å²) in [6.45, 7) is 4.15. The van der Waals surface area contributed by atoms with Crippen molar-refractivity contribution in [2.45, 2.75) is 32.8 Å². The third-order valence-corrected chi connectivity index (χ3v) is 2.28. The number of hydrazine groups is 1. The van der Waals surface area contributed by atoms with Crippen molar-refractivity contribution in [3.63, 3.8) is 0 Å². The van der Waals surface area contributed by atoms with Crippen molar-refractivity contribution in [3.05, 3.63) is 29.8 Å². The largest absolute Gasteiger partial charge is 0.491 e. The van der Waals surface area contributed by atoms with Crippen LogP contribution < -0.4 is 16.0 Å². The molecule has 88 valence electrons. The number of nitrogens with one attached hydrogen (secondary N) is 1. The number of hydrogen-bond donors (Lipinski definition) is 2. The number of nitrogen functional groups attached to an aromatic ring is 1. The molecule has 3 N–H and O–H groups in total. The van der Waals surface area contributed by atoms with E-state index >= 15 is 0 Å². The van der Waals surface area contributed by atoms with E-state index in [1.165, 1.54) is 0 Å². The number of nitrogens with two attached hydrogens (primary N) is 1. The number of ether oxygens (including phenoxy) is 1. The summed E-state index contributed by atoms with van der Waals surface area (Å²) >= 11 is 0. The molecule has 4 heteroatoms. The molecule has 0 saturated heterocycles. The summed E-state index contributed by atoms with van der Waals surface area (Å²) in [5.74, 6) is 5.51. The second-order valence-corrected chi connectivity index (χ2v) is 3.71. The topological polar surface area (TPSA) is 64.3 Å². The average molecular weight is 222 g/mol. The Morgan fingerprint density at radius 1 is 1.44 bits per heavy atom. The van der Waals surface area contributed by atoms with Crippen LogP contribution in [-0.2, 0) is 0 Å². The smallest absolute Gasteiger partial charge is 0.265 e. The molecule has 0 aliphatic rings. The average Bonchev–Trinajstić information content (AvgIpc) is 2.29. The van der Waals surface area contributed by atoms with Gasteiger partial charge in [0.05, 0.1) is 6.10 Å². The summed E-state index contributed by atoms with van der Waals surface area (Å²) < 4.78 is 5.66. The van der Waals surface area contributed by atoms with Crippen LogP contribution in [0.5, 0.6) is 5.75 Å². The van der Waals surface area contributed by atoms with Crippen molar-refractivity contribution in [2.24, 2.45) is 5.84 Å². The van der Waals surface area contributed by atoms with E-state index in [4.69, 9.17) is 10.6 Å². The van der Waals surface area contributed by atoms with Crippen molar-refractivity contribution >= 4 is 5.91 Å². The number of amides is 1. The van der Waals surface area contributed by atoms with Crippen molar-refractivity contribution in [3.8, 4) is 5.75 Å². The first-order chi connectivity index (χ1) is 7.67. The van der Waals surface area contributed by atoms with Crippen molar-refractivity contribution in [1.82, 2.24) is 5.43 Å². The highest BCUT2D eigenvalue weighted by molar-refractivity contribution is 5.93. The monoisotopic (exact) mass is 222 g/mol. The van der Waals surface area contributed by atoms with Crippen LogP contribution >= 0.6 is 0 Å². The minimum absolute atomic E-state index is 0.194. The van der Waals surface area contributed by atoms with Crippen LogP contribution in [0.3, 0.4) is 0 Å². The highest BCUT2D eigenvalue weighted by atomic mass is 16.5. The fourth-order valence-corrected chi connectivity index (χ4v) is 1.47. The van der Waals surface area contributed by atoms with Gasteiger partial charge in [-0.05, 0) is 37.6 Å². The fraction of sp³-hybridized carbons (Fsp3) is 0.417. The standard InChI is InChI=1S/C12H18N2O2/c1-3-4-9(2)16-11-7-5-10(6-8-11)12(15)14-13/h5-9H,3-4,13H2,1-2H3,(H,14,15). The van der Waals surface area contributed by atoms with Gasteiger partial charge in [0.2, 0.25) is 0 Å². The van der Waals surface area contributed by atoms with Gasteiger partial charge in [-0.1, -0.05) is 13.3 Å². The van der Waals surface area contributed by atoms with Crippen LogP contribution in [0.2, 0.25) is 0 Å². The van der Waals surface area contributed by atoms with Gasteiger partial charge < -0.3 is 4.74 Å². The molecule has 1 rings (SSSR count). The highest BCUT2D eigenvalue weighted by Crippen LogP contribution is 2.15. The second-order valence-electron chi connectivity index (χ2n) is 3.71. The lowest BCUT2D eigenvalue weighted by molar-refractivity contribution is 0.0953. The predicted molar refractivity (Wildman–Crippen MR) is 63.1 cm³/mol. The number of hydrogen-bond acceptors (Lipinski definition) is 3. The van der Waals surface area contributed by atoms with E-state index in [1.807, 2.05) is 6.92 Å². The Bertz CT molecular complexity index is 335. The van der Waals surface area contributed by atoms with E-state index < -0.39 is 0 Å². The summed E-state index contributed by atoms with van der Waals surface area (Å²) in [5.41, 5.74) is 2.61. The molecule has 1 amide bonds. The number of carbonyl (C=O) groups excluding carboxylic acids is 1. The van der Waals surface area contributed by atoms with Crippen LogP contribution in [0.4, 0.5) is 0 Å². The van der Waals surface area contributed by atoms with Gasteiger partial charge >= 0.3 is 0 Å². The van der Waals surface area contributed by atoms with E-state index in [1.54, 1.807) is 24.3 Å².